The van der Waals surface area contributed by atoms with E-state index in [9.17, 15) is 8.42 Å². The van der Waals surface area contributed by atoms with Crippen LogP contribution in [-0.4, -0.2) is 53.7 Å². The minimum absolute atomic E-state index is 0.0356. The van der Waals surface area contributed by atoms with Crippen LogP contribution in [0.3, 0.4) is 0 Å². The molecule has 1 aromatic heterocycles. The van der Waals surface area contributed by atoms with Gasteiger partial charge in [-0.25, -0.2) is 4.98 Å². The van der Waals surface area contributed by atoms with Gasteiger partial charge in [0.05, 0.1) is 18.8 Å². The number of H-pyrrole nitrogens is 1. The Labute approximate surface area is 125 Å². The molecule has 0 radical (unpaired) electrons. The van der Waals surface area contributed by atoms with Crippen molar-refractivity contribution < 1.29 is 13.2 Å². The van der Waals surface area contributed by atoms with Gasteiger partial charge >= 0.3 is 0 Å². The van der Waals surface area contributed by atoms with Crippen LogP contribution >= 0.6 is 0 Å². The molecular weight excluding hydrogens is 294 g/mol. The molecular formula is C12H23N5O3S. The summed E-state index contributed by atoms with van der Waals surface area (Å²) in [6, 6.07) is -0.460. The Morgan fingerprint density at radius 2 is 2.19 bits per heavy atom. The first-order valence-electron chi connectivity index (χ1n) is 7.07. The Morgan fingerprint density at radius 1 is 1.48 bits per heavy atom. The van der Waals surface area contributed by atoms with Gasteiger partial charge in [0.1, 0.15) is 5.82 Å². The fourth-order valence-electron chi connectivity index (χ4n) is 2.23. The molecule has 9 heteroatoms. The topological polar surface area (TPSA) is 100 Å². The van der Waals surface area contributed by atoms with Crippen LogP contribution in [0.2, 0.25) is 0 Å². The smallest absolute Gasteiger partial charge is 0.280 e. The third-order valence-corrected chi connectivity index (χ3v) is 4.94. The van der Waals surface area contributed by atoms with E-state index in [0.717, 1.165) is 0 Å². The molecule has 2 N–H and O–H groups in total. The molecule has 2 heterocycles. The number of nitrogens with zero attached hydrogens (tertiary/aromatic N) is 3. The molecule has 2 atom stereocenters. The SMILES string of the molecule is Cc1nc([C@@H](NS(=O)(=O)N2CCO[C@H](C)C2)C(C)C)n[nH]1. The third kappa shape index (κ3) is 4.00. The van der Waals surface area contributed by atoms with Gasteiger partial charge in [0.2, 0.25) is 0 Å². The number of ether oxygens (including phenoxy) is 1. The molecule has 0 saturated carbocycles. The lowest BCUT2D eigenvalue weighted by molar-refractivity contribution is 0.00958. The molecule has 1 aromatic rings. The molecule has 0 aliphatic carbocycles. The summed E-state index contributed by atoms with van der Waals surface area (Å²) in [6.45, 7) is 8.63. The van der Waals surface area contributed by atoms with Crippen molar-refractivity contribution in [2.45, 2.75) is 39.8 Å². The van der Waals surface area contributed by atoms with Crippen LogP contribution < -0.4 is 4.72 Å². The van der Waals surface area contributed by atoms with Gasteiger partial charge in [-0.3, -0.25) is 5.10 Å². The van der Waals surface area contributed by atoms with E-state index in [-0.39, 0.29) is 12.0 Å². The lowest BCUT2D eigenvalue weighted by Crippen LogP contribution is -2.50. The molecule has 0 spiro atoms. The lowest BCUT2D eigenvalue weighted by atomic mass is 10.1. The molecule has 0 bridgehead atoms. The standard InChI is InChI=1S/C12H23N5O3S/c1-8(2)11(12-13-10(4)14-15-12)16-21(18,19)17-5-6-20-9(3)7-17/h8-9,11,16H,5-7H2,1-4H3,(H,13,14,15)/t9-,11+/m1/s1. The molecule has 2 rings (SSSR count). The highest BCUT2D eigenvalue weighted by Gasteiger charge is 2.32. The van der Waals surface area contributed by atoms with Crippen LogP contribution in [-0.2, 0) is 14.9 Å². The average Bonchev–Trinajstić information content (AvgIpc) is 2.82. The predicted octanol–water partition coefficient (Wildman–Crippen LogP) is 0.365. The van der Waals surface area contributed by atoms with E-state index in [1.807, 2.05) is 20.8 Å². The van der Waals surface area contributed by atoms with Crippen molar-refractivity contribution >= 4 is 10.2 Å². The summed E-state index contributed by atoms with van der Waals surface area (Å²) >= 11 is 0. The summed E-state index contributed by atoms with van der Waals surface area (Å²) < 4.78 is 34.5. The number of hydrogen-bond acceptors (Lipinski definition) is 5. The van der Waals surface area contributed by atoms with Gasteiger partial charge in [0, 0.05) is 13.1 Å². The van der Waals surface area contributed by atoms with E-state index in [1.165, 1.54) is 4.31 Å². The second-order valence-corrected chi connectivity index (χ2v) is 7.37. The van der Waals surface area contributed by atoms with Crippen molar-refractivity contribution in [1.82, 2.24) is 24.2 Å². The fraction of sp³-hybridized carbons (Fsp3) is 0.833. The van der Waals surface area contributed by atoms with Crippen molar-refractivity contribution in [2.24, 2.45) is 5.92 Å². The van der Waals surface area contributed by atoms with Crippen LogP contribution in [0.5, 0.6) is 0 Å². The molecule has 0 unspecified atom stereocenters. The quantitative estimate of drug-likeness (QED) is 0.817. The molecule has 1 aliphatic heterocycles. The molecule has 8 nitrogen and oxygen atoms in total. The highest BCUT2D eigenvalue weighted by atomic mass is 32.2. The first-order chi connectivity index (χ1) is 9.79. The maximum absolute atomic E-state index is 12.5. The number of aryl methyl sites for hydroxylation is 1. The van der Waals surface area contributed by atoms with Crippen LogP contribution in [0, 0.1) is 12.8 Å². The maximum atomic E-state index is 12.5. The Morgan fingerprint density at radius 3 is 2.71 bits per heavy atom. The zero-order chi connectivity index (χ0) is 15.6. The van der Waals surface area contributed by atoms with Gasteiger partial charge in [0.15, 0.2) is 5.82 Å². The molecule has 0 aromatic carbocycles. The van der Waals surface area contributed by atoms with Gasteiger partial charge in [-0.2, -0.15) is 22.5 Å². The Balaban J connectivity index is 2.15. The van der Waals surface area contributed by atoms with Crippen LogP contribution in [0.25, 0.3) is 0 Å². The number of rotatable bonds is 5. The van der Waals surface area contributed by atoms with Crippen LogP contribution in [0.15, 0.2) is 0 Å². The Bertz CT molecular complexity index is 571. The minimum Gasteiger partial charge on any atom is -0.376 e. The highest BCUT2D eigenvalue weighted by Crippen LogP contribution is 2.21. The monoisotopic (exact) mass is 317 g/mol. The summed E-state index contributed by atoms with van der Waals surface area (Å²) in [6.07, 6.45) is -0.0985. The van der Waals surface area contributed by atoms with Crippen molar-refractivity contribution in [1.29, 1.82) is 0 Å². The molecule has 1 aliphatic rings. The summed E-state index contributed by atoms with van der Waals surface area (Å²) in [5.74, 6) is 1.16. The van der Waals surface area contributed by atoms with E-state index in [0.29, 0.717) is 31.3 Å². The van der Waals surface area contributed by atoms with Crippen molar-refractivity contribution in [2.75, 3.05) is 19.7 Å². The number of aromatic amines is 1. The molecule has 120 valence electrons. The van der Waals surface area contributed by atoms with Gasteiger partial charge < -0.3 is 4.74 Å². The van der Waals surface area contributed by atoms with E-state index in [4.69, 9.17) is 4.74 Å². The fourth-order valence-corrected chi connectivity index (χ4v) is 3.79. The number of hydrogen-bond donors (Lipinski definition) is 2. The van der Waals surface area contributed by atoms with E-state index in [1.54, 1.807) is 6.92 Å². The lowest BCUT2D eigenvalue weighted by Gasteiger charge is -2.32. The number of nitrogens with one attached hydrogen (secondary N) is 2. The molecule has 0 amide bonds. The van der Waals surface area contributed by atoms with Gasteiger partial charge in [0.25, 0.3) is 10.2 Å². The largest absolute Gasteiger partial charge is 0.376 e. The Hall–Kier alpha value is -1.03. The second kappa shape index (κ2) is 6.39. The number of aromatic nitrogens is 3. The van der Waals surface area contributed by atoms with E-state index < -0.39 is 16.3 Å². The first kappa shape index (κ1) is 16.3. The van der Waals surface area contributed by atoms with Gasteiger partial charge in [-0.1, -0.05) is 13.8 Å². The summed E-state index contributed by atoms with van der Waals surface area (Å²) in [4.78, 5) is 4.24. The zero-order valence-corrected chi connectivity index (χ0v) is 13.6. The van der Waals surface area contributed by atoms with Crippen LogP contribution in [0.1, 0.15) is 38.5 Å². The second-order valence-electron chi connectivity index (χ2n) is 5.66. The molecule has 1 fully saturated rings. The highest BCUT2D eigenvalue weighted by molar-refractivity contribution is 7.87. The molecule has 1 saturated heterocycles. The van der Waals surface area contributed by atoms with Gasteiger partial charge in [-0.05, 0) is 19.8 Å². The predicted molar refractivity (Wildman–Crippen MR) is 77.7 cm³/mol. The zero-order valence-electron chi connectivity index (χ0n) is 12.8. The maximum Gasteiger partial charge on any atom is 0.280 e. The Kier molecular flexibility index (Phi) is 4.97. The summed E-state index contributed by atoms with van der Waals surface area (Å²) in [5.41, 5.74) is 0. The average molecular weight is 317 g/mol. The van der Waals surface area contributed by atoms with Gasteiger partial charge in [-0.15, -0.1) is 0 Å². The molecule has 21 heavy (non-hydrogen) atoms. The number of morpholine rings is 1. The summed E-state index contributed by atoms with van der Waals surface area (Å²) in [7, 11) is -3.59. The van der Waals surface area contributed by atoms with Crippen molar-refractivity contribution in [3.63, 3.8) is 0 Å². The van der Waals surface area contributed by atoms with Crippen LogP contribution in [0.4, 0.5) is 0 Å². The summed E-state index contributed by atoms with van der Waals surface area (Å²) in [5, 5.41) is 6.82. The normalized spacial score (nSPS) is 22.6. The van der Waals surface area contributed by atoms with Crippen molar-refractivity contribution in [3.05, 3.63) is 11.6 Å². The first-order valence-corrected chi connectivity index (χ1v) is 8.51. The minimum atomic E-state index is -3.59. The third-order valence-electron chi connectivity index (χ3n) is 3.38. The van der Waals surface area contributed by atoms with E-state index in [2.05, 4.69) is 19.9 Å². The van der Waals surface area contributed by atoms with Crippen molar-refractivity contribution in [3.8, 4) is 0 Å². The van der Waals surface area contributed by atoms with E-state index >= 15 is 0 Å².